The van der Waals surface area contributed by atoms with Crippen molar-refractivity contribution in [3.63, 3.8) is 0 Å². The van der Waals surface area contributed by atoms with Gasteiger partial charge in [-0.2, -0.15) is 0 Å². The van der Waals surface area contributed by atoms with Crippen molar-refractivity contribution in [1.29, 1.82) is 0 Å². The van der Waals surface area contributed by atoms with Gasteiger partial charge in [0, 0.05) is 6.04 Å². The molecule has 0 amide bonds. The normalized spacial score (nSPS) is 25.1. The van der Waals surface area contributed by atoms with Crippen LogP contribution < -0.4 is 5.32 Å². The minimum Gasteiger partial charge on any atom is -0.468 e. The van der Waals surface area contributed by atoms with Crippen LogP contribution in [0.4, 0.5) is 4.39 Å². The van der Waals surface area contributed by atoms with Gasteiger partial charge in [-0.25, -0.2) is 12.8 Å². The fourth-order valence-electron chi connectivity index (χ4n) is 2.21. The van der Waals surface area contributed by atoms with Gasteiger partial charge in [-0.05, 0) is 24.1 Å². The van der Waals surface area contributed by atoms with Crippen molar-refractivity contribution in [3.05, 3.63) is 35.1 Å². The lowest BCUT2D eigenvalue weighted by Crippen LogP contribution is -2.51. The van der Waals surface area contributed by atoms with Gasteiger partial charge in [0.1, 0.15) is 11.9 Å². The molecule has 1 aromatic carbocycles. The fourth-order valence-corrected chi connectivity index (χ4v) is 3.88. The molecule has 7 heteroatoms. The van der Waals surface area contributed by atoms with Gasteiger partial charge in [-0.3, -0.25) is 10.1 Å². The molecule has 0 aliphatic carbocycles. The summed E-state index contributed by atoms with van der Waals surface area (Å²) in [6.07, 6.45) is 0. The van der Waals surface area contributed by atoms with E-state index in [9.17, 15) is 17.6 Å². The van der Waals surface area contributed by atoms with E-state index in [2.05, 4.69) is 10.1 Å². The van der Waals surface area contributed by atoms with Gasteiger partial charge in [0.2, 0.25) is 0 Å². The number of carbonyl (C=O) groups is 1. The molecule has 2 rings (SSSR count). The van der Waals surface area contributed by atoms with Crippen molar-refractivity contribution >= 4 is 15.8 Å². The summed E-state index contributed by atoms with van der Waals surface area (Å²) in [7, 11) is -2.19. The molecule has 0 bridgehead atoms. The van der Waals surface area contributed by atoms with Gasteiger partial charge >= 0.3 is 5.97 Å². The molecule has 5 nitrogen and oxygen atoms in total. The zero-order valence-corrected chi connectivity index (χ0v) is 12.0. The van der Waals surface area contributed by atoms with Gasteiger partial charge in [0.25, 0.3) is 0 Å². The van der Waals surface area contributed by atoms with Crippen LogP contribution in [0, 0.1) is 12.7 Å². The van der Waals surface area contributed by atoms with Crippen LogP contribution >= 0.6 is 0 Å². The van der Waals surface area contributed by atoms with Crippen LogP contribution in [0.15, 0.2) is 18.2 Å². The first-order chi connectivity index (χ1) is 9.32. The van der Waals surface area contributed by atoms with Crippen LogP contribution in [0.2, 0.25) is 0 Å². The second-order valence-corrected chi connectivity index (χ2v) is 7.03. The van der Waals surface area contributed by atoms with Crippen LogP contribution in [0.3, 0.4) is 0 Å². The summed E-state index contributed by atoms with van der Waals surface area (Å²) in [5, 5.41) is 2.90. The number of ether oxygens (including phenoxy) is 1. The van der Waals surface area contributed by atoms with Gasteiger partial charge < -0.3 is 4.74 Å². The van der Waals surface area contributed by atoms with Crippen LogP contribution in [0.1, 0.15) is 17.2 Å². The zero-order chi connectivity index (χ0) is 14.9. The number of benzene rings is 1. The topological polar surface area (TPSA) is 72.5 Å². The molecule has 0 spiro atoms. The number of carbonyl (C=O) groups excluding carboxylic acids is 1. The van der Waals surface area contributed by atoms with Crippen molar-refractivity contribution in [1.82, 2.24) is 5.32 Å². The van der Waals surface area contributed by atoms with Crippen molar-refractivity contribution in [2.24, 2.45) is 0 Å². The SMILES string of the molecule is COC(=O)C1CS(=O)(=O)CC(c2ccc(C)c(F)c2)N1. The maximum atomic E-state index is 13.6. The highest BCUT2D eigenvalue weighted by atomic mass is 32.2. The molecular formula is C13H16FNO4S. The van der Waals surface area contributed by atoms with Gasteiger partial charge in [-0.1, -0.05) is 12.1 Å². The Balaban J connectivity index is 2.30. The summed E-state index contributed by atoms with van der Waals surface area (Å²) >= 11 is 0. The van der Waals surface area contributed by atoms with Crippen molar-refractivity contribution in [2.75, 3.05) is 18.6 Å². The molecule has 1 N–H and O–H groups in total. The molecule has 2 atom stereocenters. The molecule has 1 saturated heterocycles. The molecule has 0 saturated carbocycles. The maximum absolute atomic E-state index is 13.6. The molecule has 20 heavy (non-hydrogen) atoms. The van der Waals surface area contributed by atoms with Gasteiger partial charge in [0.15, 0.2) is 9.84 Å². The molecule has 1 heterocycles. The first kappa shape index (κ1) is 14.9. The molecule has 110 valence electrons. The first-order valence-electron chi connectivity index (χ1n) is 6.13. The summed E-state index contributed by atoms with van der Waals surface area (Å²) in [6, 6.07) is 3.00. The number of halogens is 1. The van der Waals surface area contributed by atoms with Crippen LogP contribution in [-0.2, 0) is 19.4 Å². The lowest BCUT2D eigenvalue weighted by molar-refractivity contribution is -0.142. The van der Waals surface area contributed by atoms with Crippen molar-refractivity contribution < 1.29 is 22.3 Å². The Morgan fingerprint density at radius 2 is 2.10 bits per heavy atom. The lowest BCUT2D eigenvalue weighted by Gasteiger charge is -2.29. The quantitative estimate of drug-likeness (QED) is 0.816. The van der Waals surface area contributed by atoms with E-state index in [1.54, 1.807) is 19.1 Å². The molecule has 1 aromatic rings. The van der Waals surface area contributed by atoms with E-state index >= 15 is 0 Å². The van der Waals surface area contributed by atoms with E-state index in [1.165, 1.54) is 13.2 Å². The Morgan fingerprint density at radius 3 is 2.70 bits per heavy atom. The number of sulfone groups is 1. The Morgan fingerprint density at radius 1 is 1.40 bits per heavy atom. The summed E-state index contributed by atoms with van der Waals surface area (Å²) in [5.41, 5.74) is 0.988. The van der Waals surface area contributed by atoms with Crippen LogP contribution in [0.5, 0.6) is 0 Å². The van der Waals surface area contributed by atoms with Gasteiger partial charge in [-0.15, -0.1) is 0 Å². The summed E-state index contributed by atoms with van der Waals surface area (Å²) < 4.78 is 41.9. The molecule has 0 aromatic heterocycles. The van der Waals surface area contributed by atoms with E-state index in [-0.39, 0.29) is 11.5 Å². The van der Waals surface area contributed by atoms with Crippen molar-refractivity contribution in [2.45, 2.75) is 19.0 Å². The predicted molar refractivity (Wildman–Crippen MR) is 71.5 cm³/mol. The number of nitrogens with one attached hydrogen (secondary N) is 1. The zero-order valence-electron chi connectivity index (χ0n) is 11.2. The summed E-state index contributed by atoms with van der Waals surface area (Å²) in [4.78, 5) is 11.5. The number of esters is 1. The highest BCUT2D eigenvalue weighted by Gasteiger charge is 2.36. The number of methoxy groups -OCH3 is 1. The smallest absolute Gasteiger partial charge is 0.323 e. The van der Waals surface area contributed by atoms with E-state index < -0.39 is 33.7 Å². The van der Waals surface area contributed by atoms with E-state index in [0.717, 1.165) is 0 Å². The standard InChI is InChI=1S/C13H16FNO4S/c1-8-3-4-9(5-10(8)14)11-6-20(17,18)7-12(15-11)13(16)19-2/h3-5,11-12,15H,6-7H2,1-2H3. The Kier molecular flexibility index (Phi) is 4.10. The molecule has 2 unspecified atom stereocenters. The number of aryl methyl sites for hydroxylation is 1. The molecule has 0 radical (unpaired) electrons. The first-order valence-corrected chi connectivity index (χ1v) is 7.95. The number of rotatable bonds is 2. The van der Waals surface area contributed by atoms with Crippen molar-refractivity contribution in [3.8, 4) is 0 Å². The highest BCUT2D eigenvalue weighted by Crippen LogP contribution is 2.23. The Labute approximate surface area is 117 Å². The van der Waals surface area contributed by atoms with Crippen LogP contribution in [0.25, 0.3) is 0 Å². The second-order valence-electron chi connectivity index (χ2n) is 4.88. The number of hydrogen-bond donors (Lipinski definition) is 1. The lowest BCUT2D eigenvalue weighted by atomic mass is 10.0. The highest BCUT2D eigenvalue weighted by molar-refractivity contribution is 7.91. The molecule has 1 aliphatic heterocycles. The van der Waals surface area contributed by atoms with Crippen LogP contribution in [-0.4, -0.2) is 39.0 Å². The van der Waals surface area contributed by atoms with E-state index in [0.29, 0.717) is 11.1 Å². The van der Waals surface area contributed by atoms with E-state index in [4.69, 9.17) is 0 Å². The fraction of sp³-hybridized carbons (Fsp3) is 0.462. The van der Waals surface area contributed by atoms with E-state index in [1.807, 2.05) is 0 Å². The largest absolute Gasteiger partial charge is 0.468 e. The third-order valence-corrected chi connectivity index (χ3v) is 5.01. The molecular weight excluding hydrogens is 285 g/mol. The third kappa shape index (κ3) is 3.16. The summed E-state index contributed by atoms with van der Waals surface area (Å²) in [5.74, 6) is -1.50. The average molecular weight is 301 g/mol. The maximum Gasteiger partial charge on any atom is 0.323 e. The minimum absolute atomic E-state index is 0.164. The number of hydrogen-bond acceptors (Lipinski definition) is 5. The second kappa shape index (κ2) is 5.49. The van der Waals surface area contributed by atoms with Gasteiger partial charge in [0.05, 0.1) is 18.6 Å². The minimum atomic E-state index is -3.39. The Hall–Kier alpha value is -1.47. The molecule has 1 fully saturated rings. The Bertz CT molecular complexity index is 629. The summed E-state index contributed by atoms with van der Waals surface area (Å²) in [6.45, 7) is 1.63. The third-order valence-electron chi connectivity index (χ3n) is 3.33. The average Bonchev–Trinajstić information content (AvgIpc) is 2.39. The molecule has 1 aliphatic rings. The monoisotopic (exact) mass is 301 g/mol. The predicted octanol–water partition coefficient (Wildman–Crippen LogP) is 0.735.